The van der Waals surface area contributed by atoms with Crippen LogP contribution in [0.2, 0.25) is 0 Å². The van der Waals surface area contributed by atoms with Crippen molar-refractivity contribution in [2.24, 2.45) is 4.99 Å². The molecule has 0 saturated carbocycles. The molecule has 0 radical (unpaired) electrons. The summed E-state index contributed by atoms with van der Waals surface area (Å²) in [7, 11) is 3.28. The zero-order valence-electron chi connectivity index (χ0n) is 16.1. The van der Waals surface area contributed by atoms with Crippen molar-refractivity contribution in [1.82, 2.24) is 9.47 Å². The van der Waals surface area contributed by atoms with Crippen molar-refractivity contribution >= 4 is 28.9 Å². The fourth-order valence-corrected chi connectivity index (χ4v) is 4.02. The van der Waals surface area contributed by atoms with Crippen molar-refractivity contribution in [3.63, 3.8) is 0 Å². The third kappa shape index (κ3) is 3.88. The number of carbonyl (C=O) groups is 1. The van der Waals surface area contributed by atoms with Gasteiger partial charge in [-0.2, -0.15) is 0 Å². The summed E-state index contributed by atoms with van der Waals surface area (Å²) in [5, 5.41) is 0.617. The Bertz CT molecular complexity index is 982. The molecular formula is C20H21F2N3O2S. The number of thioether (sulfide) groups is 1. The topological polar surface area (TPSA) is 46.8 Å². The minimum absolute atomic E-state index is 0.140. The lowest BCUT2D eigenvalue weighted by Crippen LogP contribution is -2.24. The van der Waals surface area contributed by atoms with Gasteiger partial charge < -0.3 is 9.30 Å². The molecule has 1 saturated heterocycles. The fourth-order valence-electron chi connectivity index (χ4n) is 3.03. The summed E-state index contributed by atoms with van der Waals surface area (Å²) in [6.07, 6.45) is 1.78. The van der Waals surface area contributed by atoms with Gasteiger partial charge in [-0.1, -0.05) is 0 Å². The van der Waals surface area contributed by atoms with E-state index in [-0.39, 0.29) is 11.6 Å². The van der Waals surface area contributed by atoms with Crippen LogP contribution in [0.25, 0.3) is 11.8 Å². The first-order valence-electron chi connectivity index (χ1n) is 8.69. The summed E-state index contributed by atoms with van der Waals surface area (Å²) in [4.78, 5) is 19.0. The molecule has 0 atom stereocenters. The highest BCUT2D eigenvalue weighted by Crippen LogP contribution is 2.33. The van der Waals surface area contributed by atoms with Gasteiger partial charge in [-0.25, -0.2) is 8.78 Å². The van der Waals surface area contributed by atoms with Crippen LogP contribution in [-0.2, 0) is 9.53 Å². The molecular weight excluding hydrogens is 384 g/mol. The second-order valence-electron chi connectivity index (χ2n) is 6.39. The van der Waals surface area contributed by atoms with Crippen LogP contribution in [0.5, 0.6) is 0 Å². The number of carbonyl (C=O) groups excluding carboxylic acids is 1. The lowest BCUT2D eigenvalue weighted by molar-refractivity contribution is -0.121. The Morgan fingerprint density at radius 1 is 1.25 bits per heavy atom. The number of halogens is 2. The van der Waals surface area contributed by atoms with E-state index in [1.165, 1.54) is 28.8 Å². The second kappa shape index (κ2) is 8.28. The van der Waals surface area contributed by atoms with Crippen molar-refractivity contribution in [3.05, 3.63) is 57.8 Å². The number of benzene rings is 1. The second-order valence-corrected chi connectivity index (χ2v) is 7.40. The molecule has 1 amide bonds. The monoisotopic (exact) mass is 405 g/mol. The van der Waals surface area contributed by atoms with Crippen LogP contribution < -0.4 is 0 Å². The molecule has 1 aromatic carbocycles. The summed E-state index contributed by atoms with van der Waals surface area (Å²) >= 11 is 1.30. The van der Waals surface area contributed by atoms with Gasteiger partial charge in [-0.05, 0) is 55.4 Å². The van der Waals surface area contributed by atoms with E-state index in [4.69, 9.17) is 4.74 Å². The Hall–Kier alpha value is -2.45. The van der Waals surface area contributed by atoms with Crippen molar-refractivity contribution in [3.8, 4) is 5.69 Å². The summed E-state index contributed by atoms with van der Waals surface area (Å²) in [6, 6.07) is 5.37. The smallest absolute Gasteiger partial charge is 0.266 e. The van der Waals surface area contributed by atoms with Crippen molar-refractivity contribution in [2.45, 2.75) is 13.8 Å². The number of aryl methyl sites for hydroxylation is 1. The summed E-state index contributed by atoms with van der Waals surface area (Å²) in [6.45, 7) is 4.63. The van der Waals surface area contributed by atoms with Crippen LogP contribution in [0.3, 0.4) is 0 Å². The van der Waals surface area contributed by atoms with Gasteiger partial charge >= 0.3 is 0 Å². The van der Waals surface area contributed by atoms with E-state index >= 15 is 0 Å². The van der Waals surface area contributed by atoms with E-state index in [2.05, 4.69) is 4.99 Å². The highest BCUT2D eigenvalue weighted by molar-refractivity contribution is 8.18. The van der Waals surface area contributed by atoms with Crippen LogP contribution in [0, 0.1) is 25.5 Å². The van der Waals surface area contributed by atoms with Gasteiger partial charge in [-0.15, -0.1) is 0 Å². The number of aliphatic imine (C=N–C) groups is 1. The van der Waals surface area contributed by atoms with Crippen LogP contribution >= 0.6 is 11.8 Å². The predicted octanol–water partition coefficient (Wildman–Crippen LogP) is 3.92. The van der Waals surface area contributed by atoms with Crippen molar-refractivity contribution in [1.29, 1.82) is 0 Å². The van der Waals surface area contributed by atoms with Crippen LogP contribution in [0.4, 0.5) is 8.78 Å². The normalized spacial score (nSPS) is 17.4. The average Bonchev–Trinajstić information content (AvgIpc) is 3.07. The molecule has 1 fully saturated rings. The van der Waals surface area contributed by atoms with Crippen LogP contribution in [0.1, 0.15) is 17.0 Å². The van der Waals surface area contributed by atoms with E-state index < -0.39 is 11.6 Å². The lowest BCUT2D eigenvalue weighted by Gasteiger charge is -2.10. The molecule has 1 aliphatic heterocycles. The number of methoxy groups -OCH3 is 1. The Labute approximate surface area is 166 Å². The SMILES string of the molecule is COCCN=C1S/C(=C/c2cc(C)n(-c3ccc(F)cc3F)c2C)C(=O)N1C. The van der Waals surface area contributed by atoms with Gasteiger partial charge in [0.1, 0.15) is 11.6 Å². The zero-order chi connectivity index (χ0) is 20.4. The molecule has 2 heterocycles. The molecule has 0 unspecified atom stereocenters. The minimum atomic E-state index is -0.639. The Morgan fingerprint density at radius 3 is 2.68 bits per heavy atom. The molecule has 1 aliphatic rings. The van der Waals surface area contributed by atoms with Gasteiger partial charge in [0.05, 0.1) is 23.7 Å². The summed E-state index contributed by atoms with van der Waals surface area (Å²) in [5.41, 5.74) is 2.61. The largest absolute Gasteiger partial charge is 0.383 e. The minimum Gasteiger partial charge on any atom is -0.383 e. The number of amides is 1. The first kappa shape index (κ1) is 20.3. The van der Waals surface area contributed by atoms with E-state index in [1.807, 2.05) is 19.9 Å². The Kier molecular flexibility index (Phi) is 6.00. The predicted molar refractivity (Wildman–Crippen MR) is 108 cm³/mol. The molecule has 2 aromatic rings. The number of likely N-dealkylation sites (N-methyl/N-ethyl adjacent to an activating group) is 1. The number of aromatic nitrogens is 1. The highest BCUT2D eigenvalue weighted by Gasteiger charge is 2.30. The van der Waals surface area contributed by atoms with Crippen LogP contribution in [0.15, 0.2) is 34.2 Å². The van der Waals surface area contributed by atoms with Gasteiger partial charge in [0.15, 0.2) is 5.17 Å². The van der Waals surface area contributed by atoms with Crippen LogP contribution in [-0.4, -0.2) is 47.9 Å². The molecule has 8 heteroatoms. The van der Waals surface area contributed by atoms with Gasteiger partial charge in [-0.3, -0.25) is 14.7 Å². The number of nitrogens with zero attached hydrogens (tertiary/aromatic N) is 3. The third-order valence-corrected chi connectivity index (χ3v) is 5.55. The van der Waals surface area contributed by atoms with Crippen molar-refractivity contribution in [2.75, 3.05) is 27.3 Å². The molecule has 5 nitrogen and oxygen atoms in total. The first-order chi connectivity index (χ1) is 13.3. The van der Waals surface area contributed by atoms with Gasteiger partial charge in [0.2, 0.25) is 0 Å². The van der Waals surface area contributed by atoms with E-state index in [9.17, 15) is 13.6 Å². The molecule has 28 heavy (non-hydrogen) atoms. The zero-order valence-corrected chi connectivity index (χ0v) is 16.9. The molecule has 0 spiro atoms. The standard InChI is InChI=1S/C20H21F2N3O2S/c1-12-9-14(13(2)25(12)17-6-5-15(21)11-16(17)22)10-18-19(26)24(3)20(28-18)23-7-8-27-4/h5-6,9-11H,7-8H2,1-4H3/b18-10+,23-20?. The number of hydrogen-bond acceptors (Lipinski definition) is 4. The van der Waals surface area contributed by atoms with Crippen molar-refractivity contribution < 1.29 is 18.3 Å². The maximum atomic E-state index is 14.3. The molecule has 0 N–H and O–H groups in total. The Morgan fingerprint density at radius 2 is 2.00 bits per heavy atom. The summed E-state index contributed by atoms with van der Waals surface area (Å²) in [5.74, 6) is -1.40. The maximum Gasteiger partial charge on any atom is 0.266 e. The first-order valence-corrected chi connectivity index (χ1v) is 9.50. The third-order valence-electron chi connectivity index (χ3n) is 4.45. The molecule has 1 aromatic heterocycles. The number of amidine groups is 1. The van der Waals surface area contributed by atoms with Gasteiger partial charge in [0, 0.05) is 31.6 Å². The lowest BCUT2D eigenvalue weighted by atomic mass is 10.2. The van der Waals surface area contributed by atoms with Gasteiger partial charge in [0.25, 0.3) is 5.91 Å². The molecule has 148 valence electrons. The van der Waals surface area contributed by atoms with E-state index in [0.29, 0.717) is 23.2 Å². The maximum absolute atomic E-state index is 14.3. The summed E-state index contributed by atoms with van der Waals surface area (Å²) < 4.78 is 34.2. The average molecular weight is 405 g/mol. The number of rotatable bonds is 5. The molecule has 0 bridgehead atoms. The van der Waals surface area contributed by atoms with E-state index in [1.54, 1.807) is 24.8 Å². The number of hydrogen-bond donors (Lipinski definition) is 0. The number of ether oxygens (including phenoxy) is 1. The molecule has 0 aliphatic carbocycles. The quantitative estimate of drug-likeness (QED) is 0.560. The fraction of sp³-hybridized carbons (Fsp3) is 0.300. The van der Waals surface area contributed by atoms with E-state index in [0.717, 1.165) is 23.0 Å². The Balaban J connectivity index is 1.95. The molecule has 3 rings (SSSR count). The highest BCUT2D eigenvalue weighted by atomic mass is 32.2.